The van der Waals surface area contributed by atoms with Gasteiger partial charge >= 0.3 is 0 Å². The van der Waals surface area contributed by atoms with Crippen molar-refractivity contribution < 1.29 is 0 Å². The van der Waals surface area contributed by atoms with E-state index in [0.29, 0.717) is 6.42 Å². The highest BCUT2D eigenvalue weighted by molar-refractivity contribution is 4.90. The van der Waals surface area contributed by atoms with E-state index in [0.717, 1.165) is 31.8 Å². The third-order valence-electron chi connectivity index (χ3n) is 2.41. The molecule has 0 fully saturated rings. The molecule has 0 aliphatic rings. The Bertz CT molecular complexity index is 324. The molecule has 1 aromatic heterocycles. The van der Waals surface area contributed by atoms with Crippen LogP contribution in [0.1, 0.15) is 25.1 Å². The van der Waals surface area contributed by atoms with Crippen LogP contribution in [0.5, 0.6) is 0 Å². The number of unbranched alkanes of at least 4 members (excludes halogenated alkanes) is 2. The molecule has 1 aromatic rings. The molecule has 0 radical (unpaired) electrons. The lowest BCUT2D eigenvalue weighted by molar-refractivity contribution is 0.308. The summed E-state index contributed by atoms with van der Waals surface area (Å²) in [6.07, 6.45) is 6.50. The predicted molar refractivity (Wildman–Crippen MR) is 59.0 cm³/mol. The molecule has 0 bridgehead atoms. The van der Waals surface area contributed by atoms with Gasteiger partial charge in [0, 0.05) is 25.9 Å². The molecule has 0 saturated heterocycles. The molecular weight excluding hydrogens is 188 g/mol. The van der Waals surface area contributed by atoms with Crippen molar-refractivity contribution in [1.82, 2.24) is 14.5 Å². The zero-order chi connectivity index (χ0) is 11.1. The van der Waals surface area contributed by atoms with Crippen LogP contribution in [-0.2, 0) is 13.6 Å². The lowest BCUT2D eigenvalue weighted by Crippen LogP contribution is -2.21. The van der Waals surface area contributed by atoms with Crippen molar-refractivity contribution in [2.45, 2.75) is 25.8 Å². The second kappa shape index (κ2) is 6.20. The summed E-state index contributed by atoms with van der Waals surface area (Å²) in [4.78, 5) is 6.50. The molecule has 1 heterocycles. The second-order valence-electron chi connectivity index (χ2n) is 3.81. The minimum atomic E-state index is 0.663. The van der Waals surface area contributed by atoms with E-state index in [1.54, 1.807) is 0 Å². The van der Waals surface area contributed by atoms with Crippen molar-refractivity contribution in [2.24, 2.45) is 7.05 Å². The van der Waals surface area contributed by atoms with Crippen molar-refractivity contribution in [3.8, 4) is 6.07 Å². The van der Waals surface area contributed by atoms with E-state index in [2.05, 4.69) is 23.0 Å². The molecule has 4 heteroatoms. The first-order valence-corrected chi connectivity index (χ1v) is 5.25. The van der Waals surface area contributed by atoms with Gasteiger partial charge in [-0.05, 0) is 26.4 Å². The van der Waals surface area contributed by atoms with Crippen molar-refractivity contribution in [1.29, 1.82) is 5.26 Å². The number of nitrogens with zero attached hydrogens (tertiary/aromatic N) is 4. The van der Waals surface area contributed by atoms with Gasteiger partial charge in [0.15, 0.2) is 0 Å². The van der Waals surface area contributed by atoms with Gasteiger partial charge in [-0.1, -0.05) is 0 Å². The van der Waals surface area contributed by atoms with Crippen LogP contribution in [0.25, 0.3) is 0 Å². The van der Waals surface area contributed by atoms with Crippen molar-refractivity contribution >= 4 is 0 Å². The van der Waals surface area contributed by atoms with Crippen LogP contribution in [0.4, 0.5) is 0 Å². The number of nitriles is 1. The molecule has 0 aliphatic carbocycles. The van der Waals surface area contributed by atoms with Gasteiger partial charge < -0.3 is 4.57 Å². The van der Waals surface area contributed by atoms with E-state index in [1.165, 1.54) is 0 Å². The van der Waals surface area contributed by atoms with Crippen molar-refractivity contribution in [2.75, 3.05) is 13.6 Å². The van der Waals surface area contributed by atoms with Gasteiger partial charge in [0.2, 0.25) is 0 Å². The maximum absolute atomic E-state index is 8.40. The highest BCUT2D eigenvalue weighted by Crippen LogP contribution is 2.02. The molecule has 0 aliphatic heterocycles. The number of aryl methyl sites for hydroxylation is 1. The fourth-order valence-corrected chi connectivity index (χ4v) is 1.46. The maximum Gasteiger partial charge on any atom is 0.122 e. The summed E-state index contributed by atoms with van der Waals surface area (Å²) >= 11 is 0. The van der Waals surface area contributed by atoms with Crippen LogP contribution >= 0.6 is 0 Å². The van der Waals surface area contributed by atoms with Crippen LogP contribution < -0.4 is 0 Å². The Kier molecular flexibility index (Phi) is 4.85. The SMILES string of the molecule is CN(CCCCC#N)Cc1nccn1C. The molecule has 1 rings (SSSR count). The van der Waals surface area contributed by atoms with Crippen LogP contribution in [0.2, 0.25) is 0 Å². The van der Waals surface area contributed by atoms with Crippen LogP contribution in [0.3, 0.4) is 0 Å². The van der Waals surface area contributed by atoms with Gasteiger partial charge in [0.1, 0.15) is 5.82 Å². The predicted octanol–water partition coefficient (Wildman–Crippen LogP) is 1.55. The number of hydrogen-bond acceptors (Lipinski definition) is 3. The molecule has 0 unspecified atom stereocenters. The summed E-state index contributed by atoms with van der Waals surface area (Å²) in [6.45, 7) is 1.89. The van der Waals surface area contributed by atoms with E-state index in [4.69, 9.17) is 5.26 Å². The number of hydrogen-bond donors (Lipinski definition) is 0. The highest BCUT2D eigenvalue weighted by atomic mass is 15.1. The summed E-state index contributed by atoms with van der Waals surface area (Å²) in [5.41, 5.74) is 0. The fraction of sp³-hybridized carbons (Fsp3) is 0.636. The average molecular weight is 206 g/mol. The highest BCUT2D eigenvalue weighted by Gasteiger charge is 2.03. The zero-order valence-corrected chi connectivity index (χ0v) is 9.48. The molecule has 0 spiro atoms. The average Bonchev–Trinajstić information content (AvgIpc) is 2.59. The lowest BCUT2D eigenvalue weighted by atomic mass is 10.2. The van der Waals surface area contributed by atoms with Crippen molar-refractivity contribution in [3.63, 3.8) is 0 Å². The Morgan fingerprint density at radius 2 is 2.33 bits per heavy atom. The van der Waals surface area contributed by atoms with Crippen LogP contribution in [0, 0.1) is 11.3 Å². The largest absolute Gasteiger partial charge is 0.337 e. The standard InChI is InChI=1S/C11H18N4/c1-14(8-5-3-4-6-12)10-11-13-7-9-15(11)2/h7,9H,3-5,8,10H2,1-2H3. The van der Waals surface area contributed by atoms with Crippen LogP contribution in [-0.4, -0.2) is 28.0 Å². The molecule has 0 N–H and O–H groups in total. The second-order valence-corrected chi connectivity index (χ2v) is 3.81. The quantitative estimate of drug-likeness (QED) is 0.663. The van der Waals surface area contributed by atoms with Crippen LogP contribution in [0.15, 0.2) is 12.4 Å². The van der Waals surface area contributed by atoms with E-state index >= 15 is 0 Å². The lowest BCUT2D eigenvalue weighted by Gasteiger charge is -2.15. The molecule has 0 atom stereocenters. The minimum absolute atomic E-state index is 0.663. The molecule has 15 heavy (non-hydrogen) atoms. The summed E-state index contributed by atoms with van der Waals surface area (Å²) in [5.74, 6) is 1.08. The van der Waals surface area contributed by atoms with E-state index in [1.807, 2.05) is 24.0 Å². The Morgan fingerprint density at radius 1 is 1.53 bits per heavy atom. The number of aromatic nitrogens is 2. The van der Waals surface area contributed by atoms with Gasteiger partial charge in [-0.25, -0.2) is 4.98 Å². The maximum atomic E-state index is 8.40. The monoisotopic (exact) mass is 206 g/mol. The Morgan fingerprint density at radius 3 is 2.93 bits per heavy atom. The fourth-order valence-electron chi connectivity index (χ4n) is 1.46. The third-order valence-corrected chi connectivity index (χ3v) is 2.41. The first kappa shape index (κ1) is 11.7. The summed E-state index contributed by atoms with van der Waals surface area (Å²) in [7, 11) is 4.09. The normalized spacial score (nSPS) is 10.5. The van der Waals surface area contributed by atoms with Gasteiger partial charge in [-0.3, -0.25) is 4.90 Å². The van der Waals surface area contributed by atoms with Crippen molar-refractivity contribution in [3.05, 3.63) is 18.2 Å². The molecule has 0 aromatic carbocycles. The van der Waals surface area contributed by atoms with Gasteiger partial charge in [0.05, 0.1) is 12.6 Å². The number of rotatable bonds is 6. The summed E-state index contributed by atoms with van der Waals surface area (Å²) in [6, 6.07) is 2.16. The zero-order valence-electron chi connectivity index (χ0n) is 9.48. The van der Waals surface area contributed by atoms with Gasteiger partial charge in [-0.15, -0.1) is 0 Å². The Hall–Kier alpha value is -1.34. The smallest absolute Gasteiger partial charge is 0.122 e. The molecular formula is C11H18N4. The Balaban J connectivity index is 2.22. The topological polar surface area (TPSA) is 44.9 Å². The molecule has 0 amide bonds. The van der Waals surface area contributed by atoms with Gasteiger partial charge in [-0.2, -0.15) is 5.26 Å². The molecule has 4 nitrogen and oxygen atoms in total. The first-order chi connectivity index (χ1) is 7.24. The summed E-state index contributed by atoms with van der Waals surface area (Å²) in [5, 5.41) is 8.40. The van der Waals surface area contributed by atoms with E-state index in [-0.39, 0.29) is 0 Å². The van der Waals surface area contributed by atoms with E-state index in [9.17, 15) is 0 Å². The molecule has 82 valence electrons. The van der Waals surface area contributed by atoms with Gasteiger partial charge in [0.25, 0.3) is 0 Å². The molecule has 0 saturated carbocycles. The van der Waals surface area contributed by atoms with E-state index < -0.39 is 0 Å². The third kappa shape index (κ3) is 4.13. The summed E-state index contributed by atoms with van der Waals surface area (Å²) < 4.78 is 2.03. The Labute approximate surface area is 91.1 Å². The minimum Gasteiger partial charge on any atom is -0.337 e. The first-order valence-electron chi connectivity index (χ1n) is 5.25. The number of imidazole rings is 1.